The molecule has 1 aromatic rings. The second-order valence-corrected chi connectivity index (χ2v) is 5.36. The van der Waals surface area contributed by atoms with Crippen LogP contribution in [-0.2, 0) is 6.54 Å². The molecule has 1 fully saturated rings. The third-order valence-corrected chi connectivity index (χ3v) is 3.85. The Kier molecular flexibility index (Phi) is 3.70. The van der Waals surface area contributed by atoms with E-state index in [2.05, 4.69) is 19.2 Å². The summed E-state index contributed by atoms with van der Waals surface area (Å²) in [6.45, 7) is 5.34. The van der Waals surface area contributed by atoms with Crippen molar-refractivity contribution in [2.75, 3.05) is 0 Å². The highest BCUT2D eigenvalue weighted by Crippen LogP contribution is 2.27. The lowest BCUT2D eigenvalue weighted by molar-refractivity contribution is 0.297. The van der Waals surface area contributed by atoms with Crippen molar-refractivity contribution < 1.29 is 4.42 Å². The van der Waals surface area contributed by atoms with Gasteiger partial charge in [-0.05, 0) is 38.3 Å². The molecule has 0 saturated heterocycles. The quantitative estimate of drug-likeness (QED) is 0.786. The van der Waals surface area contributed by atoms with Gasteiger partial charge in [-0.25, -0.2) is 0 Å². The molecule has 2 nitrogen and oxygen atoms in total. The van der Waals surface area contributed by atoms with Crippen LogP contribution in [0.25, 0.3) is 0 Å². The second-order valence-electron chi connectivity index (χ2n) is 5.36. The van der Waals surface area contributed by atoms with Crippen LogP contribution in [0.1, 0.15) is 56.8 Å². The van der Waals surface area contributed by atoms with Crippen molar-refractivity contribution in [2.24, 2.45) is 0 Å². The van der Waals surface area contributed by atoms with Gasteiger partial charge in [-0.15, -0.1) is 0 Å². The monoisotopic (exact) mass is 221 g/mol. The minimum atomic E-state index is 0.315. The highest BCUT2D eigenvalue weighted by molar-refractivity contribution is 5.14. The molecule has 0 spiro atoms. The highest BCUT2D eigenvalue weighted by atomic mass is 16.3. The zero-order valence-electron chi connectivity index (χ0n) is 10.5. The Labute approximate surface area is 98.4 Å². The Bertz CT molecular complexity index is 321. The SMILES string of the molecule is Cc1ccoc1CNC1(C)CCCCCC1. The van der Waals surface area contributed by atoms with E-state index in [0.717, 1.165) is 12.3 Å². The normalized spacial score (nSPS) is 20.6. The van der Waals surface area contributed by atoms with Crippen LogP contribution in [0.5, 0.6) is 0 Å². The topological polar surface area (TPSA) is 25.2 Å². The lowest BCUT2D eigenvalue weighted by Crippen LogP contribution is -2.41. The van der Waals surface area contributed by atoms with Crippen molar-refractivity contribution in [1.82, 2.24) is 5.32 Å². The van der Waals surface area contributed by atoms with E-state index < -0.39 is 0 Å². The summed E-state index contributed by atoms with van der Waals surface area (Å²) in [6, 6.07) is 2.03. The van der Waals surface area contributed by atoms with E-state index in [1.807, 2.05) is 6.07 Å². The van der Waals surface area contributed by atoms with E-state index in [4.69, 9.17) is 4.42 Å². The molecule has 1 aromatic heterocycles. The molecule has 1 aliphatic rings. The molecule has 1 N–H and O–H groups in total. The van der Waals surface area contributed by atoms with Gasteiger partial charge in [-0.2, -0.15) is 0 Å². The maximum Gasteiger partial charge on any atom is 0.120 e. The van der Waals surface area contributed by atoms with Crippen LogP contribution in [0.4, 0.5) is 0 Å². The summed E-state index contributed by atoms with van der Waals surface area (Å²) in [5.41, 5.74) is 1.57. The van der Waals surface area contributed by atoms with E-state index in [1.54, 1.807) is 6.26 Å². The molecule has 2 rings (SSSR count). The summed E-state index contributed by atoms with van der Waals surface area (Å²) >= 11 is 0. The van der Waals surface area contributed by atoms with Gasteiger partial charge in [0.05, 0.1) is 12.8 Å². The lowest BCUT2D eigenvalue weighted by atomic mass is 9.92. The molecule has 1 heterocycles. The van der Waals surface area contributed by atoms with Crippen molar-refractivity contribution in [3.05, 3.63) is 23.7 Å². The molecule has 0 amide bonds. The van der Waals surface area contributed by atoms with Gasteiger partial charge in [0.2, 0.25) is 0 Å². The number of rotatable bonds is 3. The highest BCUT2D eigenvalue weighted by Gasteiger charge is 2.25. The summed E-state index contributed by atoms with van der Waals surface area (Å²) in [7, 11) is 0. The molecule has 2 heteroatoms. The van der Waals surface area contributed by atoms with Gasteiger partial charge in [0.25, 0.3) is 0 Å². The molecule has 0 atom stereocenters. The standard InChI is InChI=1S/C14H23NO/c1-12-7-10-16-13(12)11-15-14(2)8-5-3-4-6-9-14/h7,10,15H,3-6,8-9,11H2,1-2H3. The molecular weight excluding hydrogens is 198 g/mol. The molecule has 0 aliphatic heterocycles. The Morgan fingerprint density at radius 3 is 2.50 bits per heavy atom. The number of hydrogen-bond donors (Lipinski definition) is 1. The van der Waals surface area contributed by atoms with Crippen LogP contribution < -0.4 is 5.32 Å². The van der Waals surface area contributed by atoms with Gasteiger partial charge in [0, 0.05) is 5.54 Å². The fourth-order valence-electron chi connectivity index (χ4n) is 2.56. The van der Waals surface area contributed by atoms with Crippen LogP contribution in [0.2, 0.25) is 0 Å². The zero-order valence-corrected chi connectivity index (χ0v) is 10.5. The van der Waals surface area contributed by atoms with Crippen molar-refractivity contribution in [3.63, 3.8) is 0 Å². The molecule has 1 aliphatic carbocycles. The third kappa shape index (κ3) is 2.88. The largest absolute Gasteiger partial charge is 0.468 e. The first-order valence-electron chi connectivity index (χ1n) is 6.48. The first-order chi connectivity index (χ1) is 7.70. The minimum Gasteiger partial charge on any atom is -0.468 e. The van der Waals surface area contributed by atoms with Crippen LogP contribution >= 0.6 is 0 Å². The Hall–Kier alpha value is -0.760. The molecule has 16 heavy (non-hydrogen) atoms. The Morgan fingerprint density at radius 1 is 1.25 bits per heavy atom. The summed E-state index contributed by atoms with van der Waals surface area (Å²) in [5.74, 6) is 1.09. The first-order valence-corrected chi connectivity index (χ1v) is 6.48. The third-order valence-electron chi connectivity index (χ3n) is 3.85. The van der Waals surface area contributed by atoms with Gasteiger partial charge < -0.3 is 9.73 Å². The summed E-state index contributed by atoms with van der Waals surface area (Å²) < 4.78 is 5.47. The van der Waals surface area contributed by atoms with Crippen molar-refractivity contribution in [2.45, 2.75) is 64.5 Å². The van der Waals surface area contributed by atoms with Crippen molar-refractivity contribution in [1.29, 1.82) is 0 Å². The predicted molar refractivity (Wildman–Crippen MR) is 66.4 cm³/mol. The zero-order chi connectivity index (χ0) is 11.4. The average Bonchev–Trinajstić information content (AvgIpc) is 2.54. The summed E-state index contributed by atoms with van der Waals surface area (Å²) in [4.78, 5) is 0. The molecule has 90 valence electrons. The maximum absolute atomic E-state index is 5.47. The fraction of sp³-hybridized carbons (Fsp3) is 0.714. The lowest BCUT2D eigenvalue weighted by Gasteiger charge is -2.29. The van der Waals surface area contributed by atoms with E-state index >= 15 is 0 Å². The predicted octanol–water partition coefficient (Wildman–Crippen LogP) is 3.79. The number of furan rings is 1. The van der Waals surface area contributed by atoms with Crippen molar-refractivity contribution in [3.8, 4) is 0 Å². The Morgan fingerprint density at radius 2 is 1.94 bits per heavy atom. The van der Waals surface area contributed by atoms with Crippen LogP contribution in [-0.4, -0.2) is 5.54 Å². The van der Waals surface area contributed by atoms with Gasteiger partial charge in [-0.3, -0.25) is 0 Å². The van der Waals surface area contributed by atoms with Crippen molar-refractivity contribution >= 4 is 0 Å². The maximum atomic E-state index is 5.47. The molecular formula is C14H23NO. The fourth-order valence-corrected chi connectivity index (χ4v) is 2.56. The van der Waals surface area contributed by atoms with Gasteiger partial charge >= 0.3 is 0 Å². The first kappa shape index (κ1) is 11.7. The summed E-state index contributed by atoms with van der Waals surface area (Å²) in [5, 5.41) is 3.69. The van der Waals surface area contributed by atoms with E-state index in [1.165, 1.54) is 44.1 Å². The number of aryl methyl sites for hydroxylation is 1. The molecule has 0 radical (unpaired) electrons. The molecule has 0 bridgehead atoms. The molecule has 0 unspecified atom stereocenters. The van der Waals surface area contributed by atoms with E-state index in [9.17, 15) is 0 Å². The van der Waals surface area contributed by atoms with Crippen LogP contribution in [0.15, 0.2) is 16.7 Å². The number of nitrogens with one attached hydrogen (secondary N) is 1. The van der Waals surface area contributed by atoms with Gasteiger partial charge in [-0.1, -0.05) is 25.7 Å². The van der Waals surface area contributed by atoms with E-state index in [-0.39, 0.29) is 0 Å². The molecule has 1 saturated carbocycles. The van der Waals surface area contributed by atoms with E-state index in [0.29, 0.717) is 5.54 Å². The van der Waals surface area contributed by atoms with Gasteiger partial charge in [0.15, 0.2) is 0 Å². The van der Waals surface area contributed by atoms with Gasteiger partial charge in [0.1, 0.15) is 5.76 Å². The Balaban J connectivity index is 1.90. The van der Waals surface area contributed by atoms with Crippen LogP contribution in [0, 0.1) is 6.92 Å². The average molecular weight is 221 g/mol. The smallest absolute Gasteiger partial charge is 0.120 e. The minimum absolute atomic E-state index is 0.315. The summed E-state index contributed by atoms with van der Waals surface area (Å²) in [6.07, 6.45) is 9.90. The van der Waals surface area contributed by atoms with Crippen LogP contribution in [0.3, 0.4) is 0 Å². The molecule has 0 aromatic carbocycles. The second kappa shape index (κ2) is 5.05. The number of hydrogen-bond acceptors (Lipinski definition) is 2.